The Labute approximate surface area is 235 Å². The summed E-state index contributed by atoms with van der Waals surface area (Å²) in [6, 6.07) is 15.4. The number of hydrogen-bond donors (Lipinski definition) is 2. The van der Waals surface area contributed by atoms with E-state index in [1.54, 1.807) is 24.3 Å². The van der Waals surface area contributed by atoms with Crippen LogP contribution in [0.1, 0.15) is 49.6 Å². The summed E-state index contributed by atoms with van der Waals surface area (Å²) in [5.74, 6) is 0.468. The lowest BCUT2D eigenvalue weighted by molar-refractivity contribution is 0.370. The molecular weight excluding hydrogens is 530 g/mol. The highest BCUT2D eigenvalue weighted by molar-refractivity contribution is 7.90. The Kier molecular flexibility index (Phi) is 8.16. The Bertz CT molecular complexity index is 1600. The maximum atomic E-state index is 13.0. The average Bonchev–Trinajstić information content (AvgIpc) is 2.93. The monoisotopic (exact) mass is 563 g/mol. The van der Waals surface area contributed by atoms with Gasteiger partial charge in [0.15, 0.2) is 9.84 Å². The smallest absolute Gasteiger partial charge is 0.223 e. The maximum absolute atomic E-state index is 13.0. The number of benzene rings is 2. The van der Waals surface area contributed by atoms with Gasteiger partial charge >= 0.3 is 0 Å². The van der Waals surface area contributed by atoms with E-state index < -0.39 is 9.84 Å². The van der Waals surface area contributed by atoms with Crippen molar-refractivity contribution in [3.8, 4) is 11.1 Å². The lowest BCUT2D eigenvalue weighted by Crippen LogP contribution is -2.35. The molecule has 4 aromatic rings. The van der Waals surface area contributed by atoms with Crippen LogP contribution in [0.15, 0.2) is 59.6 Å². The van der Waals surface area contributed by atoms with Gasteiger partial charge in [-0.1, -0.05) is 36.7 Å². The van der Waals surface area contributed by atoms with Crippen molar-refractivity contribution >= 4 is 38.3 Å². The summed E-state index contributed by atoms with van der Waals surface area (Å²) in [6.07, 6.45) is 7.24. The number of nitrogens with zero attached hydrogens (tertiary/aromatic N) is 3. The van der Waals surface area contributed by atoms with Crippen LogP contribution in [0.3, 0.4) is 0 Å². The first-order valence-corrected chi connectivity index (χ1v) is 15.5. The van der Waals surface area contributed by atoms with Gasteiger partial charge in [0.25, 0.3) is 0 Å². The van der Waals surface area contributed by atoms with Crippen LogP contribution in [-0.4, -0.2) is 42.5 Å². The summed E-state index contributed by atoms with van der Waals surface area (Å²) in [5.41, 5.74) is 5.30. The number of sulfone groups is 1. The lowest BCUT2D eigenvalue weighted by atomic mass is 9.91. The second-order valence-corrected chi connectivity index (χ2v) is 12.6. The molecule has 1 saturated carbocycles. The van der Waals surface area contributed by atoms with Crippen LogP contribution in [0.2, 0.25) is 5.02 Å². The molecule has 2 heterocycles. The average molecular weight is 564 g/mol. The van der Waals surface area contributed by atoms with Gasteiger partial charge in [-0.3, -0.25) is 4.98 Å². The molecule has 2 N–H and O–H groups in total. The SMILES string of the molecule is CCc1cc(-c2ccc(CS(=O)(=O)c3ccccc3Cl)nc2C)cc2cnc(NC3CCC(NC)CC3)nc12. The molecule has 1 fully saturated rings. The molecule has 7 nitrogen and oxygen atoms in total. The fourth-order valence-electron chi connectivity index (χ4n) is 5.39. The molecule has 1 aliphatic rings. The van der Waals surface area contributed by atoms with Gasteiger partial charge in [-0.15, -0.1) is 0 Å². The summed E-state index contributed by atoms with van der Waals surface area (Å²) >= 11 is 6.14. The Morgan fingerprint density at radius 3 is 2.44 bits per heavy atom. The van der Waals surface area contributed by atoms with Gasteiger partial charge in [0.05, 0.1) is 26.9 Å². The molecule has 0 radical (unpaired) electrons. The first-order chi connectivity index (χ1) is 18.8. The molecular formula is C30H34ClN5O2S. The van der Waals surface area contributed by atoms with Gasteiger partial charge in [-0.25, -0.2) is 18.4 Å². The van der Waals surface area contributed by atoms with E-state index in [1.165, 1.54) is 6.07 Å². The zero-order valence-corrected chi connectivity index (χ0v) is 24.1. The van der Waals surface area contributed by atoms with Crippen LogP contribution in [0.5, 0.6) is 0 Å². The maximum Gasteiger partial charge on any atom is 0.223 e. The Hall–Kier alpha value is -3.07. The third-order valence-corrected chi connectivity index (χ3v) is 9.72. The number of fused-ring (bicyclic) bond motifs is 1. The van der Waals surface area contributed by atoms with Gasteiger partial charge in [-0.2, -0.15) is 0 Å². The Morgan fingerprint density at radius 1 is 1.00 bits per heavy atom. The second kappa shape index (κ2) is 11.6. The summed E-state index contributed by atoms with van der Waals surface area (Å²) in [6.45, 7) is 4.03. The second-order valence-electron chi connectivity index (χ2n) is 10.2. The topological polar surface area (TPSA) is 96.9 Å². The fraction of sp³-hybridized carbons (Fsp3) is 0.367. The Balaban J connectivity index is 1.39. The van der Waals surface area contributed by atoms with E-state index in [4.69, 9.17) is 16.6 Å². The number of hydrogen-bond acceptors (Lipinski definition) is 7. The largest absolute Gasteiger partial charge is 0.351 e. The van der Waals surface area contributed by atoms with Crippen molar-refractivity contribution in [3.63, 3.8) is 0 Å². The van der Waals surface area contributed by atoms with Crippen LogP contribution < -0.4 is 10.6 Å². The molecule has 0 atom stereocenters. The Morgan fingerprint density at radius 2 is 1.74 bits per heavy atom. The minimum absolute atomic E-state index is 0.122. The first-order valence-electron chi connectivity index (χ1n) is 13.4. The molecule has 2 aromatic heterocycles. The van der Waals surface area contributed by atoms with Crippen molar-refractivity contribution < 1.29 is 8.42 Å². The predicted molar refractivity (Wildman–Crippen MR) is 158 cm³/mol. The summed E-state index contributed by atoms with van der Waals surface area (Å²) < 4.78 is 25.9. The molecule has 0 spiro atoms. The first kappa shape index (κ1) is 27.5. The third kappa shape index (κ3) is 6.08. The molecule has 2 aromatic carbocycles. The van der Waals surface area contributed by atoms with Gasteiger partial charge < -0.3 is 10.6 Å². The molecule has 0 unspecified atom stereocenters. The molecule has 9 heteroatoms. The molecule has 0 aliphatic heterocycles. The fourth-order valence-corrected chi connectivity index (χ4v) is 7.24. The van der Waals surface area contributed by atoms with Gasteiger partial charge in [0, 0.05) is 34.9 Å². The zero-order chi connectivity index (χ0) is 27.6. The van der Waals surface area contributed by atoms with Crippen LogP contribution in [-0.2, 0) is 22.0 Å². The number of pyridine rings is 1. The van der Waals surface area contributed by atoms with Crippen LogP contribution in [0.25, 0.3) is 22.0 Å². The molecule has 204 valence electrons. The van der Waals surface area contributed by atoms with Gasteiger partial charge in [0.2, 0.25) is 5.95 Å². The molecule has 0 saturated heterocycles. The minimum Gasteiger partial charge on any atom is -0.351 e. The molecule has 0 bridgehead atoms. The number of aryl methyl sites for hydroxylation is 2. The van der Waals surface area contributed by atoms with Crippen LogP contribution in [0, 0.1) is 6.92 Å². The summed E-state index contributed by atoms with van der Waals surface area (Å²) in [4.78, 5) is 14.3. The van der Waals surface area contributed by atoms with E-state index in [-0.39, 0.29) is 15.7 Å². The quantitative estimate of drug-likeness (QED) is 0.266. The van der Waals surface area contributed by atoms with E-state index in [2.05, 4.69) is 39.7 Å². The van der Waals surface area contributed by atoms with Crippen molar-refractivity contribution in [2.24, 2.45) is 0 Å². The third-order valence-electron chi connectivity index (χ3n) is 7.58. The van der Waals surface area contributed by atoms with Crippen molar-refractivity contribution in [1.82, 2.24) is 20.3 Å². The van der Waals surface area contributed by atoms with E-state index in [0.29, 0.717) is 23.7 Å². The molecule has 39 heavy (non-hydrogen) atoms. The van der Waals surface area contributed by atoms with Crippen molar-refractivity contribution in [2.75, 3.05) is 12.4 Å². The normalized spacial score (nSPS) is 17.8. The number of nitrogens with one attached hydrogen (secondary N) is 2. The number of anilines is 1. The predicted octanol–water partition coefficient (Wildman–Crippen LogP) is 6.13. The van der Waals surface area contributed by atoms with E-state index in [9.17, 15) is 8.42 Å². The molecule has 0 amide bonds. The molecule has 1 aliphatic carbocycles. The standard InChI is InChI=1S/C30H34ClN5O2S/c1-4-20-15-21(16-22-17-33-30(36-29(20)22)35-24-11-9-23(32-3)10-12-24)26-14-13-25(34-19(26)2)18-39(37,38)28-8-6-5-7-27(28)31/h5-8,13-17,23-24,32H,4,9-12,18H2,1-3H3,(H,33,35,36). The summed E-state index contributed by atoms with van der Waals surface area (Å²) in [7, 11) is -1.59. The highest BCUT2D eigenvalue weighted by Crippen LogP contribution is 2.31. The van der Waals surface area contributed by atoms with E-state index in [0.717, 1.165) is 65.4 Å². The van der Waals surface area contributed by atoms with E-state index >= 15 is 0 Å². The van der Waals surface area contributed by atoms with Crippen LogP contribution in [0.4, 0.5) is 5.95 Å². The number of aromatic nitrogens is 3. The van der Waals surface area contributed by atoms with E-state index in [1.807, 2.05) is 26.2 Å². The van der Waals surface area contributed by atoms with Crippen LogP contribution >= 0.6 is 11.6 Å². The van der Waals surface area contributed by atoms with Gasteiger partial charge in [-0.05, 0) is 87.5 Å². The van der Waals surface area contributed by atoms with Crippen molar-refractivity contribution in [1.29, 1.82) is 0 Å². The van der Waals surface area contributed by atoms with Crippen molar-refractivity contribution in [2.45, 2.75) is 68.7 Å². The summed E-state index contributed by atoms with van der Waals surface area (Å²) in [5, 5.41) is 8.11. The molecule has 5 rings (SSSR count). The number of halogens is 1. The highest BCUT2D eigenvalue weighted by atomic mass is 35.5. The van der Waals surface area contributed by atoms with Crippen molar-refractivity contribution in [3.05, 3.63) is 76.7 Å². The highest BCUT2D eigenvalue weighted by Gasteiger charge is 2.22. The lowest BCUT2D eigenvalue weighted by Gasteiger charge is -2.28. The minimum atomic E-state index is -3.62. The zero-order valence-electron chi connectivity index (χ0n) is 22.5. The number of rotatable bonds is 8. The van der Waals surface area contributed by atoms with Gasteiger partial charge in [0.1, 0.15) is 0 Å².